The zero-order chi connectivity index (χ0) is 18.9. The highest BCUT2D eigenvalue weighted by atomic mass is 35.5. The molecule has 1 amide bonds. The molecule has 1 heterocycles. The predicted octanol–water partition coefficient (Wildman–Crippen LogP) is 4.49. The van der Waals surface area contributed by atoms with Gasteiger partial charge in [0.1, 0.15) is 5.75 Å². The number of anilines is 1. The average molecular weight is 409 g/mol. The van der Waals surface area contributed by atoms with Gasteiger partial charge in [-0.25, -0.2) is 13.4 Å². The lowest BCUT2D eigenvalue weighted by atomic mass is 10.0. The number of aromatic nitrogens is 1. The Balaban J connectivity index is 1.79. The maximum absolute atomic E-state index is 12.3. The van der Waals surface area contributed by atoms with Crippen molar-refractivity contribution in [3.8, 4) is 0 Å². The summed E-state index contributed by atoms with van der Waals surface area (Å²) in [7, 11) is -3.74. The molecule has 0 saturated heterocycles. The third-order valence-corrected chi connectivity index (χ3v) is 6.63. The van der Waals surface area contributed by atoms with E-state index in [1.54, 1.807) is 0 Å². The quantitative estimate of drug-likeness (QED) is 0.675. The zero-order valence-electron chi connectivity index (χ0n) is 14.2. The van der Waals surface area contributed by atoms with Crippen LogP contribution in [-0.4, -0.2) is 25.1 Å². The minimum Gasteiger partial charge on any atom is -0.301 e. The number of rotatable bonds is 5. The Labute approximate surface area is 160 Å². The first-order valence-corrected chi connectivity index (χ1v) is 10.8. The number of amides is 1. The number of benzene rings is 2. The first-order valence-electron chi connectivity index (χ1n) is 7.94. The molecule has 26 heavy (non-hydrogen) atoms. The lowest BCUT2D eigenvalue weighted by molar-refractivity contribution is -0.113. The van der Waals surface area contributed by atoms with Crippen LogP contribution in [0.5, 0.6) is 0 Å². The van der Waals surface area contributed by atoms with Gasteiger partial charge in [-0.05, 0) is 41.8 Å². The number of carbonyl (C=O) groups is 1. The summed E-state index contributed by atoms with van der Waals surface area (Å²) in [5, 5.41) is 3.43. The molecule has 1 N–H and O–H groups in total. The highest BCUT2D eigenvalue weighted by Crippen LogP contribution is 2.31. The summed E-state index contributed by atoms with van der Waals surface area (Å²) in [5.41, 5.74) is 1.93. The number of hydrogen-bond donors (Lipinski definition) is 1. The minimum absolute atomic E-state index is 0.0587. The molecule has 0 bridgehead atoms. The molecule has 0 unspecified atom stereocenters. The average Bonchev–Trinajstić information content (AvgIpc) is 2.96. The van der Waals surface area contributed by atoms with Crippen molar-refractivity contribution < 1.29 is 13.2 Å². The van der Waals surface area contributed by atoms with Gasteiger partial charge in [0.25, 0.3) is 0 Å². The summed E-state index contributed by atoms with van der Waals surface area (Å²) in [6, 6.07) is 11.6. The third kappa shape index (κ3) is 4.06. The molecule has 0 spiro atoms. The highest BCUT2D eigenvalue weighted by molar-refractivity contribution is 7.92. The van der Waals surface area contributed by atoms with Gasteiger partial charge in [0.15, 0.2) is 15.0 Å². The SMILES string of the molecule is CC(C)c1cccc2sc(NC(=O)CS(=O)(=O)c3ccc(Cl)cc3)nc12. The largest absolute Gasteiger partial charge is 0.301 e. The predicted molar refractivity (Wildman–Crippen MR) is 106 cm³/mol. The Morgan fingerprint density at radius 2 is 1.88 bits per heavy atom. The lowest BCUT2D eigenvalue weighted by Gasteiger charge is -2.05. The highest BCUT2D eigenvalue weighted by Gasteiger charge is 2.20. The lowest BCUT2D eigenvalue weighted by Crippen LogP contribution is -2.22. The second kappa shape index (κ2) is 7.34. The first kappa shape index (κ1) is 18.8. The topological polar surface area (TPSA) is 76.1 Å². The molecule has 5 nitrogen and oxygen atoms in total. The normalized spacial score (nSPS) is 11.8. The van der Waals surface area contributed by atoms with Gasteiger partial charge in [-0.2, -0.15) is 0 Å². The Morgan fingerprint density at radius 1 is 1.19 bits per heavy atom. The summed E-state index contributed by atoms with van der Waals surface area (Å²) >= 11 is 7.09. The van der Waals surface area contributed by atoms with E-state index in [-0.39, 0.29) is 4.90 Å². The molecule has 2 aromatic carbocycles. The number of nitrogens with zero attached hydrogens (tertiary/aromatic N) is 1. The molecule has 0 fully saturated rings. The van der Waals surface area contributed by atoms with Crippen molar-refractivity contribution in [3.05, 3.63) is 53.1 Å². The summed E-state index contributed by atoms with van der Waals surface area (Å²) < 4.78 is 25.6. The van der Waals surface area contributed by atoms with Crippen LogP contribution in [0.15, 0.2) is 47.4 Å². The molecule has 3 rings (SSSR count). The number of hydrogen-bond acceptors (Lipinski definition) is 5. The second-order valence-electron chi connectivity index (χ2n) is 6.13. The van der Waals surface area contributed by atoms with Crippen molar-refractivity contribution in [3.63, 3.8) is 0 Å². The number of nitrogens with one attached hydrogen (secondary N) is 1. The number of sulfone groups is 1. The monoisotopic (exact) mass is 408 g/mol. The Morgan fingerprint density at radius 3 is 2.54 bits per heavy atom. The fourth-order valence-electron chi connectivity index (χ4n) is 2.54. The van der Waals surface area contributed by atoms with Crippen LogP contribution >= 0.6 is 22.9 Å². The van der Waals surface area contributed by atoms with Crippen molar-refractivity contribution in [2.75, 3.05) is 11.1 Å². The van der Waals surface area contributed by atoms with Gasteiger partial charge in [-0.3, -0.25) is 4.79 Å². The van der Waals surface area contributed by atoms with Crippen molar-refractivity contribution >= 4 is 54.0 Å². The van der Waals surface area contributed by atoms with E-state index in [9.17, 15) is 13.2 Å². The van der Waals surface area contributed by atoms with E-state index in [4.69, 9.17) is 11.6 Å². The Kier molecular flexibility index (Phi) is 5.32. The van der Waals surface area contributed by atoms with Crippen LogP contribution in [0, 0.1) is 0 Å². The number of halogens is 1. The fraction of sp³-hybridized carbons (Fsp3) is 0.222. The van der Waals surface area contributed by atoms with Crippen molar-refractivity contribution in [2.24, 2.45) is 0 Å². The molecule has 0 aliphatic rings. The van der Waals surface area contributed by atoms with Gasteiger partial charge in [-0.1, -0.05) is 48.9 Å². The molecule has 0 saturated carbocycles. The van der Waals surface area contributed by atoms with Crippen LogP contribution in [0.4, 0.5) is 5.13 Å². The number of para-hydroxylation sites is 1. The molecule has 1 aromatic heterocycles. The summed E-state index contributed by atoms with van der Waals surface area (Å²) in [6.45, 7) is 4.15. The van der Waals surface area contributed by atoms with E-state index in [1.165, 1.54) is 35.6 Å². The number of fused-ring (bicyclic) bond motifs is 1. The smallest absolute Gasteiger partial charge is 0.241 e. The van der Waals surface area contributed by atoms with Gasteiger partial charge in [-0.15, -0.1) is 0 Å². The summed E-state index contributed by atoms with van der Waals surface area (Å²) in [6.07, 6.45) is 0. The van der Waals surface area contributed by atoms with Crippen LogP contribution < -0.4 is 5.32 Å². The molecule has 3 aromatic rings. The molecular weight excluding hydrogens is 392 g/mol. The second-order valence-corrected chi connectivity index (χ2v) is 9.59. The fourth-order valence-corrected chi connectivity index (χ4v) is 4.72. The molecule has 0 radical (unpaired) electrons. The maximum Gasteiger partial charge on any atom is 0.241 e. The molecule has 0 atom stereocenters. The standard InChI is InChI=1S/C18H17ClN2O3S2/c1-11(2)14-4-3-5-15-17(14)21-18(25-15)20-16(22)10-26(23,24)13-8-6-12(19)7-9-13/h3-9,11H,10H2,1-2H3,(H,20,21,22). The maximum atomic E-state index is 12.3. The third-order valence-electron chi connectivity index (χ3n) is 3.81. The zero-order valence-corrected chi connectivity index (χ0v) is 16.6. The van der Waals surface area contributed by atoms with Crippen LogP contribution in [0.3, 0.4) is 0 Å². The van der Waals surface area contributed by atoms with Gasteiger partial charge >= 0.3 is 0 Å². The van der Waals surface area contributed by atoms with E-state index >= 15 is 0 Å². The van der Waals surface area contributed by atoms with E-state index in [0.717, 1.165) is 15.8 Å². The Bertz CT molecular complexity index is 1060. The molecule has 8 heteroatoms. The number of carbonyl (C=O) groups excluding carboxylic acids is 1. The van der Waals surface area contributed by atoms with Crippen molar-refractivity contribution in [1.82, 2.24) is 4.98 Å². The molecule has 136 valence electrons. The Hall–Kier alpha value is -1.96. The van der Waals surface area contributed by atoms with E-state index < -0.39 is 21.5 Å². The van der Waals surface area contributed by atoms with E-state index in [2.05, 4.69) is 24.1 Å². The van der Waals surface area contributed by atoms with Crippen LogP contribution in [0.1, 0.15) is 25.3 Å². The first-order chi connectivity index (χ1) is 12.3. The minimum atomic E-state index is -3.74. The van der Waals surface area contributed by atoms with Crippen LogP contribution in [0.2, 0.25) is 5.02 Å². The molecule has 0 aliphatic heterocycles. The van der Waals surface area contributed by atoms with E-state index in [0.29, 0.717) is 16.1 Å². The van der Waals surface area contributed by atoms with Gasteiger partial charge in [0, 0.05) is 5.02 Å². The van der Waals surface area contributed by atoms with Crippen LogP contribution in [0.25, 0.3) is 10.2 Å². The molecular formula is C18H17ClN2O3S2. The van der Waals surface area contributed by atoms with Gasteiger partial charge in [0.2, 0.25) is 5.91 Å². The van der Waals surface area contributed by atoms with E-state index in [1.807, 2.05) is 18.2 Å². The molecule has 0 aliphatic carbocycles. The summed E-state index contributed by atoms with van der Waals surface area (Å²) in [5.74, 6) is -0.971. The summed E-state index contributed by atoms with van der Waals surface area (Å²) in [4.78, 5) is 16.7. The van der Waals surface area contributed by atoms with Gasteiger partial charge < -0.3 is 5.32 Å². The van der Waals surface area contributed by atoms with Crippen molar-refractivity contribution in [2.45, 2.75) is 24.7 Å². The van der Waals surface area contributed by atoms with Crippen LogP contribution in [-0.2, 0) is 14.6 Å². The number of thiazole rings is 1. The van der Waals surface area contributed by atoms with Crippen molar-refractivity contribution in [1.29, 1.82) is 0 Å². The van der Waals surface area contributed by atoms with Gasteiger partial charge in [0.05, 0.1) is 15.1 Å².